The minimum atomic E-state index is -3.72. The molecule has 0 aliphatic heterocycles. The Morgan fingerprint density at radius 3 is 2.41 bits per heavy atom. The molecule has 0 bridgehead atoms. The fourth-order valence-corrected chi connectivity index (χ4v) is 2.97. The van der Waals surface area contributed by atoms with Crippen molar-refractivity contribution in [2.45, 2.75) is 32.1 Å². The molecule has 0 radical (unpaired) electrons. The van der Waals surface area contributed by atoms with Crippen molar-refractivity contribution in [3.8, 4) is 0 Å². The van der Waals surface area contributed by atoms with Gasteiger partial charge >= 0.3 is 0 Å². The molecule has 0 fully saturated rings. The van der Waals surface area contributed by atoms with Crippen LogP contribution >= 0.6 is 0 Å². The Labute approximate surface area is 130 Å². The lowest BCUT2D eigenvalue weighted by Crippen LogP contribution is -2.16. The summed E-state index contributed by atoms with van der Waals surface area (Å²) in [5.74, 6) is 0.517. The maximum absolute atomic E-state index is 12.3. The van der Waals surface area contributed by atoms with E-state index in [-0.39, 0.29) is 10.8 Å². The number of hydrogen-bond donors (Lipinski definition) is 2. The molecule has 22 heavy (non-hydrogen) atoms. The van der Waals surface area contributed by atoms with Gasteiger partial charge in [-0.25, -0.2) is 23.1 Å². The van der Waals surface area contributed by atoms with Gasteiger partial charge in [-0.15, -0.1) is 0 Å². The number of rotatable bonds is 5. The van der Waals surface area contributed by atoms with Crippen molar-refractivity contribution >= 4 is 21.7 Å². The van der Waals surface area contributed by atoms with Gasteiger partial charge in [0, 0.05) is 17.1 Å². The van der Waals surface area contributed by atoms with Crippen LogP contribution in [-0.2, 0) is 16.4 Å². The topological polar surface area (TPSA) is 98.0 Å². The van der Waals surface area contributed by atoms with Crippen LogP contribution in [-0.4, -0.2) is 18.4 Å². The molecule has 0 amide bonds. The first-order valence-corrected chi connectivity index (χ1v) is 8.47. The summed E-state index contributed by atoms with van der Waals surface area (Å²) in [7, 11) is -3.72. The summed E-state index contributed by atoms with van der Waals surface area (Å²) in [6.45, 7) is 5.97. The number of sulfonamides is 1. The largest absolute Gasteiger partial charge is 0.399 e. The van der Waals surface area contributed by atoms with E-state index in [0.29, 0.717) is 11.6 Å². The molecule has 0 saturated carbocycles. The van der Waals surface area contributed by atoms with Crippen LogP contribution in [0, 0.1) is 12.8 Å². The highest BCUT2D eigenvalue weighted by atomic mass is 32.2. The standard InChI is InChI=1S/C15H20N4O2S/c1-10(2)8-13-9-11(3)17-15(18-13)19-22(20,21)14-6-4-12(16)5-7-14/h4-7,9-10H,8,16H2,1-3H3,(H,17,18,19). The number of aryl methyl sites for hydroxylation is 1. The smallest absolute Gasteiger partial charge is 0.264 e. The molecule has 0 spiro atoms. The zero-order valence-corrected chi connectivity index (χ0v) is 13.7. The molecule has 0 aliphatic rings. The van der Waals surface area contributed by atoms with Gasteiger partial charge in [-0.3, -0.25) is 0 Å². The van der Waals surface area contributed by atoms with Gasteiger partial charge < -0.3 is 5.73 Å². The molecule has 0 aliphatic carbocycles. The van der Waals surface area contributed by atoms with Gasteiger partial charge in [-0.05, 0) is 49.6 Å². The highest BCUT2D eigenvalue weighted by molar-refractivity contribution is 7.92. The fraction of sp³-hybridized carbons (Fsp3) is 0.333. The van der Waals surface area contributed by atoms with Gasteiger partial charge in [0.1, 0.15) is 0 Å². The Balaban J connectivity index is 2.29. The number of nitrogens with one attached hydrogen (secondary N) is 1. The van der Waals surface area contributed by atoms with Crippen molar-refractivity contribution < 1.29 is 8.42 Å². The molecule has 0 saturated heterocycles. The minimum absolute atomic E-state index is 0.0903. The first-order valence-electron chi connectivity index (χ1n) is 6.99. The monoisotopic (exact) mass is 320 g/mol. The molecule has 1 aromatic heterocycles. The van der Waals surface area contributed by atoms with E-state index in [2.05, 4.69) is 28.5 Å². The van der Waals surface area contributed by atoms with E-state index in [1.165, 1.54) is 24.3 Å². The summed E-state index contributed by atoms with van der Waals surface area (Å²) in [6.07, 6.45) is 0.764. The first kappa shape index (κ1) is 16.2. The molecule has 1 heterocycles. The van der Waals surface area contributed by atoms with E-state index >= 15 is 0 Å². The average Bonchev–Trinajstić information content (AvgIpc) is 2.36. The Morgan fingerprint density at radius 1 is 1.18 bits per heavy atom. The quantitative estimate of drug-likeness (QED) is 0.824. The van der Waals surface area contributed by atoms with Crippen LogP contribution in [0.25, 0.3) is 0 Å². The third-order valence-electron chi connectivity index (χ3n) is 2.94. The fourth-order valence-electron chi connectivity index (χ4n) is 2.03. The summed E-state index contributed by atoms with van der Waals surface area (Å²) < 4.78 is 27.1. The molecule has 0 atom stereocenters. The molecule has 1 aromatic carbocycles. The van der Waals surface area contributed by atoms with Crippen molar-refractivity contribution in [2.24, 2.45) is 5.92 Å². The molecule has 118 valence electrons. The average molecular weight is 320 g/mol. The molecular weight excluding hydrogens is 300 g/mol. The van der Waals surface area contributed by atoms with Gasteiger partial charge in [0.15, 0.2) is 0 Å². The second-order valence-corrected chi connectivity index (χ2v) is 7.28. The van der Waals surface area contributed by atoms with E-state index in [4.69, 9.17) is 5.73 Å². The summed E-state index contributed by atoms with van der Waals surface area (Å²) in [6, 6.07) is 7.83. The maximum Gasteiger partial charge on any atom is 0.264 e. The van der Waals surface area contributed by atoms with Crippen LogP contribution in [0.2, 0.25) is 0 Å². The molecular formula is C15H20N4O2S. The van der Waals surface area contributed by atoms with E-state index in [9.17, 15) is 8.42 Å². The molecule has 2 rings (SSSR count). The second-order valence-electron chi connectivity index (χ2n) is 5.60. The number of nitrogen functional groups attached to an aromatic ring is 1. The van der Waals surface area contributed by atoms with Crippen LogP contribution in [0.3, 0.4) is 0 Å². The normalized spacial score (nSPS) is 11.6. The minimum Gasteiger partial charge on any atom is -0.399 e. The van der Waals surface area contributed by atoms with Crippen molar-refractivity contribution in [3.63, 3.8) is 0 Å². The van der Waals surface area contributed by atoms with E-state index < -0.39 is 10.0 Å². The molecule has 2 aromatic rings. The molecule has 6 nitrogen and oxygen atoms in total. The zero-order valence-electron chi connectivity index (χ0n) is 12.9. The first-order chi connectivity index (χ1) is 10.3. The maximum atomic E-state index is 12.3. The number of nitrogens with two attached hydrogens (primary N) is 1. The highest BCUT2D eigenvalue weighted by Crippen LogP contribution is 2.16. The van der Waals surface area contributed by atoms with Gasteiger partial charge in [0.2, 0.25) is 5.95 Å². The Bertz CT molecular complexity index is 756. The third-order valence-corrected chi connectivity index (χ3v) is 4.28. The molecule has 7 heteroatoms. The SMILES string of the molecule is Cc1cc(CC(C)C)nc(NS(=O)(=O)c2ccc(N)cc2)n1. The summed E-state index contributed by atoms with van der Waals surface area (Å²) in [4.78, 5) is 8.54. The van der Waals surface area contributed by atoms with Crippen molar-refractivity contribution in [1.29, 1.82) is 0 Å². The molecule has 0 unspecified atom stereocenters. The zero-order chi connectivity index (χ0) is 16.3. The highest BCUT2D eigenvalue weighted by Gasteiger charge is 2.16. The summed E-state index contributed by atoms with van der Waals surface area (Å²) >= 11 is 0. The van der Waals surface area contributed by atoms with Crippen LogP contribution < -0.4 is 10.5 Å². The van der Waals surface area contributed by atoms with E-state index in [1.807, 2.05) is 13.0 Å². The van der Waals surface area contributed by atoms with Gasteiger partial charge in [0.25, 0.3) is 10.0 Å². The lowest BCUT2D eigenvalue weighted by molar-refractivity contribution is 0.600. The lowest BCUT2D eigenvalue weighted by Gasteiger charge is -2.10. The summed E-state index contributed by atoms with van der Waals surface area (Å²) in [5.41, 5.74) is 7.61. The number of hydrogen-bond acceptors (Lipinski definition) is 5. The Kier molecular flexibility index (Phi) is 4.65. The van der Waals surface area contributed by atoms with Crippen LogP contribution in [0.15, 0.2) is 35.2 Å². The van der Waals surface area contributed by atoms with E-state index in [1.54, 1.807) is 0 Å². The molecule has 3 N–H and O–H groups in total. The third kappa shape index (κ3) is 4.17. The summed E-state index contributed by atoms with van der Waals surface area (Å²) in [5, 5.41) is 0. The van der Waals surface area contributed by atoms with Gasteiger partial charge in [-0.1, -0.05) is 13.8 Å². The van der Waals surface area contributed by atoms with Crippen molar-refractivity contribution in [3.05, 3.63) is 41.7 Å². The van der Waals surface area contributed by atoms with Gasteiger partial charge in [-0.2, -0.15) is 0 Å². The number of nitrogens with zero attached hydrogens (tertiary/aromatic N) is 2. The lowest BCUT2D eigenvalue weighted by atomic mass is 10.1. The number of aromatic nitrogens is 2. The number of benzene rings is 1. The van der Waals surface area contributed by atoms with Crippen LogP contribution in [0.4, 0.5) is 11.6 Å². The second kappa shape index (κ2) is 6.31. The van der Waals surface area contributed by atoms with E-state index in [0.717, 1.165) is 17.8 Å². The predicted octanol–water partition coefficient (Wildman–Crippen LogP) is 2.37. The van der Waals surface area contributed by atoms with Crippen molar-refractivity contribution in [1.82, 2.24) is 9.97 Å². The predicted molar refractivity (Wildman–Crippen MR) is 87.0 cm³/mol. The van der Waals surface area contributed by atoms with Crippen LogP contribution in [0.1, 0.15) is 25.2 Å². The van der Waals surface area contributed by atoms with Crippen molar-refractivity contribution in [2.75, 3.05) is 10.5 Å². The van der Waals surface area contributed by atoms with Gasteiger partial charge in [0.05, 0.1) is 4.90 Å². The Morgan fingerprint density at radius 2 is 1.82 bits per heavy atom. The Hall–Kier alpha value is -2.15. The number of anilines is 2. The van der Waals surface area contributed by atoms with Crippen LogP contribution in [0.5, 0.6) is 0 Å².